The summed E-state index contributed by atoms with van der Waals surface area (Å²) < 4.78 is 38.7. The molecule has 1 aromatic heterocycles. The molecule has 1 atom stereocenters. The number of aliphatic hydroxyl groups is 2. The summed E-state index contributed by atoms with van der Waals surface area (Å²) in [7, 11) is 1.56. The van der Waals surface area contributed by atoms with E-state index in [-0.39, 0.29) is 30.6 Å². The van der Waals surface area contributed by atoms with Crippen LogP contribution < -0.4 is 21.5 Å². The zero-order valence-electron chi connectivity index (χ0n) is 20.5. The highest BCUT2D eigenvalue weighted by molar-refractivity contribution is 7.09. The van der Waals surface area contributed by atoms with Gasteiger partial charge in [-0.05, 0) is 48.9 Å². The van der Waals surface area contributed by atoms with Crippen molar-refractivity contribution in [3.05, 3.63) is 45.9 Å². The van der Waals surface area contributed by atoms with Crippen molar-refractivity contribution in [2.75, 3.05) is 31.7 Å². The van der Waals surface area contributed by atoms with Crippen LogP contribution in [-0.2, 0) is 16.9 Å². The summed E-state index contributed by atoms with van der Waals surface area (Å²) in [5.41, 5.74) is 1.58. The lowest BCUT2D eigenvalue weighted by molar-refractivity contribution is -0.206. The quantitative estimate of drug-likeness (QED) is 0.240. The van der Waals surface area contributed by atoms with Crippen molar-refractivity contribution in [1.82, 2.24) is 20.5 Å². The highest BCUT2D eigenvalue weighted by Crippen LogP contribution is 2.40. The van der Waals surface area contributed by atoms with Gasteiger partial charge < -0.3 is 25.9 Å². The maximum Gasteiger partial charge on any atom is 0.418 e. The summed E-state index contributed by atoms with van der Waals surface area (Å²) in [4.78, 5) is 19.7. The van der Waals surface area contributed by atoms with Gasteiger partial charge >= 0.3 is 6.18 Å². The molecule has 2 aromatic rings. The largest absolute Gasteiger partial charge is 0.418 e. The number of hydrazine groups is 1. The first-order valence-corrected chi connectivity index (χ1v) is 13.1. The zero-order valence-corrected chi connectivity index (χ0v) is 21.4. The normalized spacial score (nSPS) is 23.9. The van der Waals surface area contributed by atoms with Gasteiger partial charge in [0, 0.05) is 38.9 Å². The van der Waals surface area contributed by atoms with Gasteiger partial charge in [0.15, 0.2) is 6.10 Å². The molecule has 2 fully saturated rings. The number of benzene rings is 1. The second-order valence-corrected chi connectivity index (χ2v) is 10.8. The van der Waals surface area contributed by atoms with Crippen LogP contribution in [0.15, 0.2) is 29.9 Å². The van der Waals surface area contributed by atoms with Gasteiger partial charge in [-0.15, -0.1) is 11.3 Å². The van der Waals surface area contributed by atoms with Gasteiger partial charge in [-0.25, -0.2) is 5.84 Å². The van der Waals surface area contributed by atoms with Crippen LogP contribution in [0.5, 0.6) is 0 Å². The predicted molar refractivity (Wildman–Crippen MR) is 134 cm³/mol. The third-order valence-electron chi connectivity index (χ3n) is 7.17. The fraction of sp³-hybridized carbons (Fsp3) is 0.583. The molecule has 1 saturated carbocycles. The topological polar surface area (TPSA) is 127 Å². The van der Waals surface area contributed by atoms with E-state index < -0.39 is 17.9 Å². The van der Waals surface area contributed by atoms with E-state index in [9.17, 15) is 28.2 Å². The molecular formula is C24H33F3N6O3S. The van der Waals surface area contributed by atoms with E-state index in [0.717, 1.165) is 30.8 Å². The van der Waals surface area contributed by atoms with Crippen molar-refractivity contribution in [1.29, 1.82) is 0 Å². The Hall–Kier alpha value is -2.29. The lowest BCUT2D eigenvalue weighted by atomic mass is 9.80. The summed E-state index contributed by atoms with van der Waals surface area (Å²) in [5, 5.41) is 27.7. The molecule has 1 amide bonds. The van der Waals surface area contributed by atoms with Crippen molar-refractivity contribution in [3.8, 4) is 0 Å². The highest BCUT2D eigenvalue weighted by Gasteiger charge is 2.41. The summed E-state index contributed by atoms with van der Waals surface area (Å²) in [6, 6.07) is 4.25. The number of hydrogen-bond donors (Lipinski definition) is 5. The maximum atomic E-state index is 12.9. The molecule has 37 heavy (non-hydrogen) atoms. The van der Waals surface area contributed by atoms with Crippen molar-refractivity contribution in [3.63, 3.8) is 0 Å². The van der Waals surface area contributed by atoms with Crippen LogP contribution in [0.4, 0.5) is 18.9 Å². The number of amides is 1. The first-order valence-electron chi connectivity index (χ1n) is 12.2. The number of nitrogens with zero attached hydrogens (tertiary/aromatic N) is 3. The van der Waals surface area contributed by atoms with Gasteiger partial charge in [-0.1, -0.05) is 6.07 Å². The van der Waals surface area contributed by atoms with Crippen molar-refractivity contribution >= 4 is 22.9 Å². The van der Waals surface area contributed by atoms with E-state index in [2.05, 4.69) is 20.5 Å². The zero-order chi connectivity index (χ0) is 26.8. The fourth-order valence-corrected chi connectivity index (χ4v) is 5.86. The highest BCUT2D eigenvalue weighted by atomic mass is 32.1. The number of anilines is 1. The van der Waals surface area contributed by atoms with Crippen LogP contribution in [0.25, 0.3) is 0 Å². The Bertz CT molecular complexity index is 1050. The number of carbonyl (C=O) groups excluding carboxylic acids is 1. The fourth-order valence-electron chi connectivity index (χ4n) is 5.08. The number of hydrogen-bond acceptors (Lipinski definition) is 9. The van der Waals surface area contributed by atoms with E-state index in [0.29, 0.717) is 30.1 Å². The Morgan fingerprint density at radius 2 is 2.05 bits per heavy atom. The van der Waals surface area contributed by atoms with Crippen LogP contribution in [0.3, 0.4) is 0 Å². The molecule has 1 aliphatic heterocycles. The monoisotopic (exact) mass is 542 g/mol. The van der Waals surface area contributed by atoms with E-state index in [1.807, 2.05) is 0 Å². The van der Waals surface area contributed by atoms with Crippen LogP contribution in [0.1, 0.15) is 47.8 Å². The Morgan fingerprint density at radius 1 is 1.35 bits per heavy atom. The summed E-state index contributed by atoms with van der Waals surface area (Å²) in [6.07, 6.45) is -2.48. The number of halogens is 3. The number of nitrogens with two attached hydrogens (primary N) is 1. The van der Waals surface area contributed by atoms with Crippen molar-refractivity contribution in [2.45, 2.75) is 62.2 Å². The number of aromatic nitrogens is 1. The minimum Gasteiger partial charge on any atom is -0.384 e. The number of rotatable bonds is 9. The molecule has 9 nitrogen and oxygen atoms in total. The molecule has 204 valence electrons. The van der Waals surface area contributed by atoms with Crippen LogP contribution in [-0.4, -0.2) is 70.9 Å². The molecule has 4 rings (SSSR count). The van der Waals surface area contributed by atoms with Crippen LogP contribution in [0.2, 0.25) is 0 Å². The number of carbonyl (C=O) groups is 1. The molecule has 13 heteroatoms. The minimum absolute atomic E-state index is 0.0123. The van der Waals surface area contributed by atoms with Crippen LogP contribution in [0, 0.1) is 0 Å². The minimum atomic E-state index is -4.78. The number of nitrogens with one attached hydrogen (secondary N) is 2. The molecule has 0 radical (unpaired) electrons. The molecule has 2 aliphatic rings. The Kier molecular flexibility index (Phi) is 8.41. The van der Waals surface area contributed by atoms with E-state index in [1.165, 1.54) is 34.5 Å². The number of alkyl halides is 3. The van der Waals surface area contributed by atoms with E-state index in [4.69, 9.17) is 5.84 Å². The van der Waals surface area contributed by atoms with Gasteiger partial charge in [-0.2, -0.15) is 13.2 Å². The summed E-state index contributed by atoms with van der Waals surface area (Å²) in [5.74, 6) is 5.58. The average molecular weight is 543 g/mol. The first-order chi connectivity index (χ1) is 17.5. The second-order valence-electron chi connectivity index (χ2n) is 9.89. The molecule has 1 aromatic carbocycles. The van der Waals surface area contributed by atoms with Crippen molar-refractivity contribution < 1.29 is 28.2 Å². The third-order valence-corrected chi connectivity index (χ3v) is 8.14. The van der Waals surface area contributed by atoms with E-state index >= 15 is 0 Å². The standard InChI is InChI=1S/C24H33F3N6O3S/c1-32(28)19-3-2-15(22(35)24(25,26)27)8-16(19)9-29-11-21(34)31-17-12-33(13-17)18-4-6-23(36,7-5-18)20-10-30-14-37-20/h2-3,8,10,14,17-18,22,29,35-36H,4-7,9,11-13,28H2,1H3,(H,31,34). The van der Waals surface area contributed by atoms with E-state index in [1.54, 1.807) is 18.8 Å². The lowest BCUT2D eigenvalue weighted by Crippen LogP contribution is -2.63. The SMILES string of the molecule is CN(N)c1ccc(C(O)C(F)(F)F)cc1CNCC(=O)NC1CN(C2CCC(O)(c3cncs3)CC2)C1. The summed E-state index contributed by atoms with van der Waals surface area (Å²) >= 11 is 1.48. The number of aliphatic hydroxyl groups excluding tert-OH is 1. The van der Waals surface area contributed by atoms with Crippen LogP contribution >= 0.6 is 11.3 Å². The Morgan fingerprint density at radius 3 is 2.65 bits per heavy atom. The van der Waals surface area contributed by atoms with Gasteiger partial charge in [0.1, 0.15) is 5.60 Å². The van der Waals surface area contributed by atoms with Gasteiger partial charge in [0.2, 0.25) is 5.91 Å². The molecule has 0 bridgehead atoms. The molecule has 1 unspecified atom stereocenters. The Balaban J connectivity index is 1.20. The third kappa shape index (κ3) is 6.59. The van der Waals surface area contributed by atoms with Gasteiger partial charge in [0.05, 0.1) is 28.7 Å². The molecular weight excluding hydrogens is 509 g/mol. The average Bonchev–Trinajstić information content (AvgIpc) is 3.37. The lowest BCUT2D eigenvalue weighted by Gasteiger charge is -2.48. The molecule has 0 spiro atoms. The first kappa shape index (κ1) is 27.7. The number of thiazole rings is 1. The molecule has 1 saturated heterocycles. The predicted octanol–water partition coefficient (Wildman–Crippen LogP) is 1.77. The second kappa shape index (κ2) is 11.2. The number of likely N-dealkylation sites (tertiary alicyclic amines) is 1. The smallest absolute Gasteiger partial charge is 0.384 e. The molecule has 2 heterocycles. The van der Waals surface area contributed by atoms with Crippen molar-refractivity contribution in [2.24, 2.45) is 5.84 Å². The molecule has 1 aliphatic carbocycles. The van der Waals surface area contributed by atoms with Gasteiger partial charge in [-0.3, -0.25) is 14.7 Å². The Labute approximate surface area is 217 Å². The van der Waals surface area contributed by atoms with Gasteiger partial charge in [0.25, 0.3) is 0 Å². The maximum absolute atomic E-state index is 12.9. The molecule has 6 N–H and O–H groups in total. The summed E-state index contributed by atoms with van der Waals surface area (Å²) in [6.45, 7) is 1.58.